The molecule has 0 aliphatic carbocycles. The van der Waals surface area contributed by atoms with E-state index in [0.29, 0.717) is 0 Å². The van der Waals surface area contributed by atoms with E-state index in [1.54, 1.807) is 0 Å². The van der Waals surface area contributed by atoms with Gasteiger partial charge in [0.15, 0.2) is 0 Å². The first-order valence-corrected chi connectivity index (χ1v) is 2.01. The Morgan fingerprint density at radius 2 is 1.60 bits per heavy atom. The van der Waals surface area contributed by atoms with Crippen LogP contribution in [0.1, 0.15) is 0 Å². The molecule has 0 aromatic carbocycles. The number of halogens is 1. The van der Waals surface area contributed by atoms with E-state index in [9.17, 15) is 3.89 Å². The molecule has 0 unspecified atom stereocenters. The van der Waals surface area contributed by atoms with E-state index in [1.165, 1.54) is 0 Å². The smallest absolute Gasteiger partial charge is 0.174 e. The Morgan fingerprint density at radius 3 is 1.60 bits per heavy atom. The topological polar surface area (TPSA) is 56.4 Å². The molecule has 0 aromatic rings. The SMILES string of the molecule is [N]S(=O)(=O)F. The summed E-state index contributed by atoms with van der Waals surface area (Å²) in [5.74, 6) is 0. The number of hydrogen-bond donors (Lipinski definition) is 0. The van der Waals surface area contributed by atoms with Crippen molar-refractivity contribution in [2.45, 2.75) is 0 Å². The molecule has 0 aliphatic heterocycles. The maximum atomic E-state index is 10.2. The maximum Gasteiger partial charge on any atom is 0.406 e. The summed E-state index contributed by atoms with van der Waals surface area (Å²) in [6.45, 7) is 0. The second-order valence-electron chi connectivity index (χ2n) is 0.412. The molecule has 0 saturated carbocycles. The van der Waals surface area contributed by atoms with E-state index < -0.39 is 10.4 Å². The van der Waals surface area contributed by atoms with Gasteiger partial charge < -0.3 is 0 Å². The second kappa shape index (κ2) is 0.908. The van der Waals surface area contributed by atoms with E-state index in [4.69, 9.17) is 13.6 Å². The normalized spacial score (nSPS) is 11.6. The zero-order valence-corrected chi connectivity index (χ0v) is 2.87. The summed E-state index contributed by atoms with van der Waals surface area (Å²) < 4.78 is 27.3. The highest BCUT2D eigenvalue weighted by atomic mass is 32.3. The average molecular weight is 97.1 g/mol. The van der Waals surface area contributed by atoms with Crippen molar-refractivity contribution in [3.05, 3.63) is 0 Å². The van der Waals surface area contributed by atoms with Gasteiger partial charge in [0.05, 0.1) is 0 Å². The van der Waals surface area contributed by atoms with Crippen LogP contribution < -0.4 is 5.14 Å². The molecule has 0 rings (SSSR count). The summed E-state index contributed by atoms with van der Waals surface area (Å²) in [5, 5.41) is 6.83. The Balaban J connectivity index is 4.06. The molecule has 3 nitrogen and oxygen atoms in total. The van der Waals surface area contributed by atoms with Crippen LogP contribution in [0.3, 0.4) is 0 Å². The Hall–Kier alpha value is -0.160. The van der Waals surface area contributed by atoms with E-state index in [-0.39, 0.29) is 0 Å². The van der Waals surface area contributed by atoms with E-state index in [0.717, 1.165) is 0 Å². The Morgan fingerprint density at radius 1 is 1.60 bits per heavy atom. The highest BCUT2D eigenvalue weighted by Crippen LogP contribution is 1.72. The zero-order chi connectivity index (χ0) is 4.50. The van der Waals surface area contributed by atoms with Crippen LogP contribution in [0.4, 0.5) is 3.89 Å². The van der Waals surface area contributed by atoms with Gasteiger partial charge in [0, 0.05) is 5.14 Å². The van der Waals surface area contributed by atoms with Gasteiger partial charge in [0.1, 0.15) is 0 Å². The molecular formula is FNO2S. The van der Waals surface area contributed by atoms with Crippen LogP contribution in [-0.2, 0) is 10.4 Å². The number of nitrogens with zero attached hydrogens (tertiary/aromatic N) is 1. The summed E-state index contributed by atoms with van der Waals surface area (Å²) >= 11 is 0. The highest BCUT2D eigenvalue weighted by Gasteiger charge is 1.92. The molecule has 5 heavy (non-hydrogen) atoms. The Bertz CT molecular complexity index is 92.8. The van der Waals surface area contributed by atoms with Crippen molar-refractivity contribution in [3.8, 4) is 0 Å². The predicted molar refractivity (Wildman–Crippen MR) is 12.2 cm³/mol. The summed E-state index contributed by atoms with van der Waals surface area (Å²) in [6, 6.07) is 0. The lowest BCUT2D eigenvalue weighted by Gasteiger charge is -1.59. The summed E-state index contributed by atoms with van der Waals surface area (Å²) in [4.78, 5) is 0. The molecule has 0 aromatic heterocycles. The fourth-order valence-corrected chi connectivity index (χ4v) is 0. The largest absolute Gasteiger partial charge is 0.406 e. The molecule has 5 heteroatoms. The molecular weight excluding hydrogens is 97.1 g/mol. The van der Waals surface area contributed by atoms with Gasteiger partial charge in [-0.15, -0.1) is 0 Å². The molecule has 0 fully saturated rings. The van der Waals surface area contributed by atoms with Crippen molar-refractivity contribution in [3.63, 3.8) is 0 Å². The van der Waals surface area contributed by atoms with Crippen LogP contribution >= 0.6 is 0 Å². The summed E-state index contributed by atoms with van der Waals surface area (Å²) in [6.07, 6.45) is 0. The zero-order valence-electron chi connectivity index (χ0n) is 2.05. The fraction of sp³-hybridized carbons (Fsp3) is 0. The Kier molecular flexibility index (Phi) is 0.879. The van der Waals surface area contributed by atoms with E-state index >= 15 is 0 Å². The van der Waals surface area contributed by atoms with Crippen molar-refractivity contribution in [2.24, 2.45) is 0 Å². The van der Waals surface area contributed by atoms with Crippen LogP contribution in [0.5, 0.6) is 0 Å². The fourth-order valence-electron chi connectivity index (χ4n) is 0. The van der Waals surface area contributed by atoms with Gasteiger partial charge in [-0.3, -0.25) is 0 Å². The van der Waals surface area contributed by atoms with Crippen LogP contribution in [0, 0.1) is 0 Å². The maximum absolute atomic E-state index is 10.2. The standard InChI is InChI=1S/FNO2S/c1-5(2,3)4. The first-order valence-electron chi connectivity index (χ1n) is 0.670. The lowest BCUT2D eigenvalue weighted by atomic mass is 13.9. The molecule has 0 N–H and O–H groups in total. The minimum atomic E-state index is -5.17. The van der Waals surface area contributed by atoms with Gasteiger partial charge in [0.25, 0.3) is 0 Å². The quantitative estimate of drug-likeness (QED) is 0.374. The number of rotatable bonds is 0. The van der Waals surface area contributed by atoms with Gasteiger partial charge >= 0.3 is 10.4 Å². The van der Waals surface area contributed by atoms with Crippen molar-refractivity contribution in [1.82, 2.24) is 5.14 Å². The molecule has 0 bridgehead atoms. The monoisotopic (exact) mass is 97.0 g/mol. The molecule has 30 valence electrons. The molecule has 0 spiro atoms. The van der Waals surface area contributed by atoms with Crippen LogP contribution in [0.25, 0.3) is 0 Å². The first-order chi connectivity index (χ1) is 2.00. The summed E-state index contributed by atoms with van der Waals surface area (Å²) in [7, 11) is -5.17. The molecule has 0 atom stereocenters. The first kappa shape index (κ1) is 4.84. The molecule has 0 aliphatic rings. The van der Waals surface area contributed by atoms with Gasteiger partial charge in [-0.25, -0.2) is 0 Å². The molecule has 0 saturated heterocycles. The van der Waals surface area contributed by atoms with Crippen LogP contribution in [0.2, 0.25) is 0 Å². The molecule has 2 radical (unpaired) electrons. The van der Waals surface area contributed by atoms with Crippen molar-refractivity contribution >= 4 is 10.4 Å². The second-order valence-corrected chi connectivity index (χ2v) is 1.24. The van der Waals surface area contributed by atoms with E-state index in [1.807, 2.05) is 0 Å². The minimum absolute atomic E-state index is 5.17. The predicted octanol–water partition coefficient (Wildman–Crippen LogP) is -0.731. The van der Waals surface area contributed by atoms with Crippen molar-refractivity contribution in [1.29, 1.82) is 0 Å². The van der Waals surface area contributed by atoms with Gasteiger partial charge in [-0.05, 0) is 0 Å². The highest BCUT2D eigenvalue weighted by molar-refractivity contribution is 7.83. The van der Waals surface area contributed by atoms with Gasteiger partial charge in [-0.2, -0.15) is 8.42 Å². The summed E-state index contributed by atoms with van der Waals surface area (Å²) in [5.41, 5.74) is 0. The third kappa shape index (κ3) is 508. The lowest BCUT2D eigenvalue weighted by Crippen LogP contribution is -1.84. The molecule has 0 heterocycles. The number of hydrogen-bond acceptors (Lipinski definition) is 2. The average Bonchev–Trinajstić information content (AvgIpc) is 0.722. The minimum Gasteiger partial charge on any atom is -0.174 e. The van der Waals surface area contributed by atoms with Gasteiger partial charge in [-0.1, -0.05) is 3.89 Å². The van der Waals surface area contributed by atoms with Crippen LogP contribution in [-0.4, -0.2) is 8.42 Å². The van der Waals surface area contributed by atoms with E-state index in [2.05, 4.69) is 0 Å². The van der Waals surface area contributed by atoms with Gasteiger partial charge in [0.2, 0.25) is 0 Å². The van der Waals surface area contributed by atoms with Crippen molar-refractivity contribution < 1.29 is 12.3 Å². The van der Waals surface area contributed by atoms with Crippen molar-refractivity contribution in [2.75, 3.05) is 0 Å². The third-order valence-electron chi connectivity index (χ3n) is 0. The Labute approximate surface area is 28.9 Å². The lowest BCUT2D eigenvalue weighted by molar-refractivity contribution is 0.552. The molecule has 0 amide bonds. The third-order valence-corrected chi connectivity index (χ3v) is 0. The van der Waals surface area contributed by atoms with Crippen LogP contribution in [0.15, 0.2) is 0 Å².